The number of rotatable bonds is 8. The minimum atomic E-state index is -2.91. The predicted molar refractivity (Wildman–Crippen MR) is 58.3 cm³/mol. The number of ether oxygens (including phenoxy) is 1. The Morgan fingerprint density at radius 1 is 1.36 bits per heavy atom. The number of methoxy groups -OCH3 is 1. The van der Waals surface area contributed by atoms with Gasteiger partial charge in [0, 0.05) is 18.9 Å². The van der Waals surface area contributed by atoms with Crippen molar-refractivity contribution in [2.75, 3.05) is 31.8 Å². The molecule has 0 saturated heterocycles. The van der Waals surface area contributed by atoms with Crippen molar-refractivity contribution in [1.82, 2.24) is 5.32 Å². The molecule has 0 aromatic heterocycles. The molecule has 0 rings (SSSR count). The molecule has 0 radical (unpaired) electrons. The van der Waals surface area contributed by atoms with Crippen LogP contribution in [0.5, 0.6) is 0 Å². The normalized spacial score (nSPS) is 14.2. The van der Waals surface area contributed by atoms with Crippen LogP contribution in [0.25, 0.3) is 0 Å². The van der Waals surface area contributed by atoms with Crippen LogP contribution < -0.4 is 5.32 Å². The average Bonchev–Trinajstić information content (AvgIpc) is 2.14. The first kappa shape index (κ1) is 13.9. The molecule has 0 aromatic rings. The third-order valence-corrected chi connectivity index (χ3v) is 3.74. The van der Waals surface area contributed by atoms with E-state index in [-0.39, 0.29) is 17.5 Å². The lowest BCUT2D eigenvalue weighted by Gasteiger charge is -2.16. The second-order valence-corrected chi connectivity index (χ2v) is 5.70. The maximum Gasteiger partial charge on any atom is 0.151 e. The van der Waals surface area contributed by atoms with Gasteiger partial charge >= 0.3 is 0 Å². The molecule has 1 atom stereocenters. The van der Waals surface area contributed by atoms with Gasteiger partial charge < -0.3 is 10.1 Å². The first-order valence-electron chi connectivity index (χ1n) is 4.98. The molecule has 0 aliphatic carbocycles. The van der Waals surface area contributed by atoms with Crippen LogP contribution in [-0.2, 0) is 14.6 Å². The summed E-state index contributed by atoms with van der Waals surface area (Å²) in [6, 6.07) is -0.0788. The van der Waals surface area contributed by atoms with E-state index in [1.54, 1.807) is 14.0 Å². The minimum absolute atomic E-state index is 0.0788. The Labute approximate surface area is 86.9 Å². The summed E-state index contributed by atoms with van der Waals surface area (Å²) in [6.07, 6.45) is 0.992. The summed E-state index contributed by atoms with van der Waals surface area (Å²) in [5, 5.41) is 3.16. The van der Waals surface area contributed by atoms with Crippen molar-refractivity contribution in [2.24, 2.45) is 0 Å². The Morgan fingerprint density at radius 3 is 2.43 bits per heavy atom. The van der Waals surface area contributed by atoms with Gasteiger partial charge in [-0.05, 0) is 13.0 Å². The third kappa shape index (κ3) is 6.34. The summed E-state index contributed by atoms with van der Waals surface area (Å²) in [5.74, 6) is 0.359. The average molecular weight is 223 g/mol. The Morgan fingerprint density at radius 2 is 2.00 bits per heavy atom. The standard InChI is InChI=1S/C9H21NO3S/c1-4-6-10-9(7-13-3)8-14(11,12)5-2/h9-10H,4-8H2,1-3H3. The van der Waals surface area contributed by atoms with Gasteiger partial charge in [-0.1, -0.05) is 13.8 Å². The molecule has 0 bridgehead atoms. The van der Waals surface area contributed by atoms with Gasteiger partial charge in [0.05, 0.1) is 12.4 Å². The lowest BCUT2D eigenvalue weighted by atomic mass is 10.3. The highest BCUT2D eigenvalue weighted by Crippen LogP contribution is 1.96. The van der Waals surface area contributed by atoms with E-state index in [2.05, 4.69) is 5.32 Å². The highest BCUT2D eigenvalue weighted by atomic mass is 32.2. The summed E-state index contributed by atoms with van der Waals surface area (Å²) in [7, 11) is -1.33. The fourth-order valence-electron chi connectivity index (χ4n) is 1.14. The molecule has 0 aromatic carbocycles. The minimum Gasteiger partial charge on any atom is -0.383 e. The molecule has 1 unspecified atom stereocenters. The lowest BCUT2D eigenvalue weighted by Crippen LogP contribution is -2.40. The maximum absolute atomic E-state index is 11.4. The number of sulfone groups is 1. The van der Waals surface area contributed by atoms with Crippen molar-refractivity contribution in [1.29, 1.82) is 0 Å². The zero-order chi connectivity index (χ0) is 11.0. The highest BCUT2D eigenvalue weighted by molar-refractivity contribution is 7.91. The second-order valence-electron chi connectivity index (χ2n) is 3.31. The van der Waals surface area contributed by atoms with Crippen molar-refractivity contribution in [3.05, 3.63) is 0 Å². The van der Waals surface area contributed by atoms with E-state index in [9.17, 15) is 8.42 Å². The number of hydrogen-bond donors (Lipinski definition) is 1. The largest absolute Gasteiger partial charge is 0.383 e. The Balaban J connectivity index is 4.08. The zero-order valence-corrected chi connectivity index (χ0v) is 10.1. The van der Waals surface area contributed by atoms with Crippen molar-refractivity contribution < 1.29 is 13.2 Å². The van der Waals surface area contributed by atoms with Crippen molar-refractivity contribution in [2.45, 2.75) is 26.3 Å². The molecule has 1 N–H and O–H groups in total. The SMILES string of the molecule is CCCNC(COC)CS(=O)(=O)CC. The van der Waals surface area contributed by atoms with Crippen LogP contribution in [0.4, 0.5) is 0 Å². The Hall–Kier alpha value is -0.130. The van der Waals surface area contributed by atoms with Crippen LogP contribution in [-0.4, -0.2) is 46.2 Å². The second kappa shape index (κ2) is 7.20. The molecule has 5 heteroatoms. The first-order valence-corrected chi connectivity index (χ1v) is 6.80. The van der Waals surface area contributed by atoms with E-state index < -0.39 is 9.84 Å². The van der Waals surface area contributed by atoms with Gasteiger partial charge in [0.15, 0.2) is 9.84 Å². The molecule has 0 aliphatic rings. The fourth-order valence-corrected chi connectivity index (χ4v) is 2.20. The van der Waals surface area contributed by atoms with Crippen LogP contribution in [0.15, 0.2) is 0 Å². The molecule has 0 heterocycles. The monoisotopic (exact) mass is 223 g/mol. The van der Waals surface area contributed by atoms with E-state index >= 15 is 0 Å². The van der Waals surface area contributed by atoms with Gasteiger partial charge in [-0.2, -0.15) is 0 Å². The van der Waals surface area contributed by atoms with Gasteiger partial charge in [-0.25, -0.2) is 8.42 Å². The molecule has 86 valence electrons. The quantitative estimate of drug-likeness (QED) is 0.648. The molecule has 4 nitrogen and oxygen atoms in total. The molecule has 0 fully saturated rings. The topological polar surface area (TPSA) is 55.4 Å². The third-order valence-electron chi connectivity index (χ3n) is 1.95. The van der Waals surface area contributed by atoms with Crippen LogP contribution in [0.3, 0.4) is 0 Å². The summed E-state index contributed by atoms with van der Waals surface area (Å²) in [6.45, 7) is 4.98. The van der Waals surface area contributed by atoms with Gasteiger partial charge in [-0.15, -0.1) is 0 Å². The van der Waals surface area contributed by atoms with Gasteiger partial charge in [0.25, 0.3) is 0 Å². The summed E-state index contributed by atoms with van der Waals surface area (Å²) < 4.78 is 27.7. The predicted octanol–water partition coefficient (Wildman–Crippen LogP) is 0.436. The first-order chi connectivity index (χ1) is 6.55. The highest BCUT2D eigenvalue weighted by Gasteiger charge is 2.16. The van der Waals surface area contributed by atoms with Crippen molar-refractivity contribution in [3.8, 4) is 0 Å². The zero-order valence-electron chi connectivity index (χ0n) is 9.25. The van der Waals surface area contributed by atoms with E-state index in [0.717, 1.165) is 13.0 Å². The number of nitrogens with one attached hydrogen (secondary N) is 1. The van der Waals surface area contributed by atoms with Gasteiger partial charge in [0.1, 0.15) is 0 Å². The van der Waals surface area contributed by atoms with E-state index in [4.69, 9.17) is 4.74 Å². The van der Waals surface area contributed by atoms with Gasteiger partial charge in [-0.3, -0.25) is 0 Å². The smallest absolute Gasteiger partial charge is 0.151 e. The molecule has 0 spiro atoms. The molecule has 0 aliphatic heterocycles. The summed E-state index contributed by atoms with van der Waals surface area (Å²) in [4.78, 5) is 0. The van der Waals surface area contributed by atoms with Crippen LogP contribution in [0.1, 0.15) is 20.3 Å². The van der Waals surface area contributed by atoms with Crippen molar-refractivity contribution in [3.63, 3.8) is 0 Å². The number of hydrogen-bond acceptors (Lipinski definition) is 4. The Bertz CT molecular complexity index is 226. The summed E-state index contributed by atoms with van der Waals surface area (Å²) >= 11 is 0. The summed E-state index contributed by atoms with van der Waals surface area (Å²) in [5.41, 5.74) is 0. The molecular formula is C9H21NO3S. The maximum atomic E-state index is 11.4. The van der Waals surface area contributed by atoms with E-state index in [1.807, 2.05) is 6.92 Å². The van der Waals surface area contributed by atoms with Gasteiger partial charge in [0.2, 0.25) is 0 Å². The molecule has 14 heavy (non-hydrogen) atoms. The van der Waals surface area contributed by atoms with Crippen LogP contribution in [0, 0.1) is 0 Å². The van der Waals surface area contributed by atoms with Crippen molar-refractivity contribution >= 4 is 9.84 Å². The fraction of sp³-hybridized carbons (Fsp3) is 1.00. The van der Waals surface area contributed by atoms with Crippen LogP contribution in [0.2, 0.25) is 0 Å². The molecular weight excluding hydrogens is 202 g/mol. The van der Waals surface area contributed by atoms with Crippen LogP contribution >= 0.6 is 0 Å². The van der Waals surface area contributed by atoms with E-state index in [0.29, 0.717) is 6.61 Å². The Kier molecular flexibility index (Phi) is 7.13. The molecule has 0 amide bonds. The lowest BCUT2D eigenvalue weighted by molar-refractivity contribution is 0.173. The van der Waals surface area contributed by atoms with E-state index in [1.165, 1.54) is 0 Å². The molecule has 0 saturated carbocycles.